The van der Waals surface area contributed by atoms with Crippen molar-refractivity contribution in [2.24, 2.45) is 0 Å². The largest absolute Gasteiger partial charge is 0.377 e. The first-order valence-electron chi connectivity index (χ1n) is 8.24. The van der Waals surface area contributed by atoms with Crippen LogP contribution in [0, 0.1) is 0 Å². The van der Waals surface area contributed by atoms with Crippen molar-refractivity contribution >= 4 is 11.0 Å². The van der Waals surface area contributed by atoms with Crippen LogP contribution in [0.4, 0.5) is 0 Å². The summed E-state index contributed by atoms with van der Waals surface area (Å²) in [4.78, 5) is 4.45. The summed E-state index contributed by atoms with van der Waals surface area (Å²) in [5.41, 5.74) is 4.59. The molecule has 0 aliphatic carbocycles. The summed E-state index contributed by atoms with van der Waals surface area (Å²) in [5, 5.41) is 3.48. The Hall–Kier alpha value is -2.17. The highest BCUT2D eigenvalue weighted by Gasteiger charge is 2.14. The maximum Gasteiger partial charge on any atom is 0.100 e. The van der Waals surface area contributed by atoms with Gasteiger partial charge in [0.2, 0.25) is 0 Å². The summed E-state index contributed by atoms with van der Waals surface area (Å²) in [7, 11) is 0. The van der Waals surface area contributed by atoms with E-state index in [1.807, 2.05) is 24.5 Å². The normalized spacial score (nSPS) is 17.8. The van der Waals surface area contributed by atoms with Crippen LogP contribution in [0.5, 0.6) is 0 Å². The molecule has 4 rings (SSSR count). The van der Waals surface area contributed by atoms with E-state index in [0.717, 1.165) is 36.4 Å². The van der Waals surface area contributed by atoms with Crippen LogP contribution in [0.25, 0.3) is 16.7 Å². The van der Waals surface area contributed by atoms with E-state index in [1.54, 1.807) is 0 Å². The Morgan fingerprint density at radius 3 is 2.83 bits per heavy atom. The van der Waals surface area contributed by atoms with Crippen molar-refractivity contribution in [3.63, 3.8) is 0 Å². The van der Waals surface area contributed by atoms with Gasteiger partial charge >= 0.3 is 0 Å². The average Bonchev–Trinajstić information content (AvgIpc) is 3.25. The molecule has 1 atom stereocenters. The van der Waals surface area contributed by atoms with Crippen molar-refractivity contribution in [2.45, 2.75) is 25.5 Å². The molecular weight excluding hydrogens is 286 g/mol. The Labute approximate surface area is 136 Å². The number of ether oxygens (including phenoxy) is 1. The summed E-state index contributed by atoms with van der Waals surface area (Å²) in [6.45, 7) is 2.73. The van der Waals surface area contributed by atoms with Crippen LogP contribution < -0.4 is 5.32 Å². The Bertz CT molecular complexity index is 773. The summed E-state index contributed by atoms with van der Waals surface area (Å²) in [6, 6.07) is 16.8. The number of hydrogen-bond donors (Lipinski definition) is 1. The molecule has 23 heavy (non-hydrogen) atoms. The molecule has 1 saturated heterocycles. The van der Waals surface area contributed by atoms with Gasteiger partial charge in [-0.15, -0.1) is 0 Å². The first kappa shape index (κ1) is 14.4. The van der Waals surface area contributed by atoms with Gasteiger partial charge in [-0.25, -0.2) is 4.98 Å². The molecule has 118 valence electrons. The molecule has 0 saturated carbocycles. The van der Waals surface area contributed by atoms with Crippen molar-refractivity contribution in [1.82, 2.24) is 14.9 Å². The van der Waals surface area contributed by atoms with Crippen molar-refractivity contribution < 1.29 is 4.74 Å². The van der Waals surface area contributed by atoms with Gasteiger partial charge in [0.15, 0.2) is 0 Å². The van der Waals surface area contributed by atoms with Crippen LogP contribution in [-0.4, -0.2) is 28.8 Å². The molecule has 1 fully saturated rings. The minimum atomic E-state index is 0.395. The van der Waals surface area contributed by atoms with Crippen LogP contribution in [0.3, 0.4) is 0 Å². The molecule has 0 bridgehead atoms. The Morgan fingerprint density at radius 2 is 2.00 bits per heavy atom. The zero-order chi connectivity index (χ0) is 15.5. The lowest BCUT2D eigenvalue weighted by atomic mass is 10.2. The lowest BCUT2D eigenvalue weighted by molar-refractivity contribution is 0.110. The van der Waals surface area contributed by atoms with Gasteiger partial charge in [0, 0.05) is 25.4 Å². The highest BCUT2D eigenvalue weighted by Crippen LogP contribution is 2.18. The van der Waals surface area contributed by atoms with E-state index in [4.69, 9.17) is 4.74 Å². The topological polar surface area (TPSA) is 39.1 Å². The van der Waals surface area contributed by atoms with Gasteiger partial charge in [0.05, 0.1) is 17.1 Å². The minimum Gasteiger partial charge on any atom is -0.377 e. The zero-order valence-electron chi connectivity index (χ0n) is 13.1. The van der Waals surface area contributed by atoms with Crippen molar-refractivity contribution in [2.75, 3.05) is 13.2 Å². The fraction of sp³-hybridized carbons (Fsp3) is 0.316. The minimum absolute atomic E-state index is 0.395. The summed E-state index contributed by atoms with van der Waals surface area (Å²) in [6.07, 6.45) is 4.65. The lowest BCUT2D eigenvalue weighted by Gasteiger charge is -2.11. The third-order valence-corrected chi connectivity index (χ3v) is 4.39. The lowest BCUT2D eigenvalue weighted by Crippen LogP contribution is -2.25. The first-order valence-corrected chi connectivity index (χ1v) is 8.24. The van der Waals surface area contributed by atoms with Crippen molar-refractivity contribution in [3.8, 4) is 5.69 Å². The van der Waals surface area contributed by atoms with E-state index in [-0.39, 0.29) is 0 Å². The molecule has 0 amide bonds. The predicted molar refractivity (Wildman–Crippen MR) is 91.8 cm³/mol. The second-order valence-corrected chi connectivity index (χ2v) is 6.04. The van der Waals surface area contributed by atoms with Crippen LogP contribution in [0.1, 0.15) is 18.4 Å². The van der Waals surface area contributed by atoms with Crippen LogP contribution in [0.15, 0.2) is 54.9 Å². The number of nitrogens with zero attached hydrogens (tertiary/aromatic N) is 2. The fourth-order valence-electron chi connectivity index (χ4n) is 3.12. The third kappa shape index (κ3) is 3.14. The zero-order valence-corrected chi connectivity index (χ0v) is 13.1. The molecule has 0 unspecified atom stereocenters. The third-order valence-electron chi connectivity index (χ3n) is 4.39. The number of nitrogens with one attached hydrogen (secondary N) is 1. The van der Waals surface area contributed by atoms with Gasteiger partial charge in [-0.05, 0) is 42.7 Å². The molecule has 0 spiro atoms. The number of para-hydroxylation sites is 2. The molecule has 1 aliphatic rings. The maximum atomic E-state index is 5.63. The van der Waals surface area contributed by atoms with E-state index in [2.05, 4.69) is 45.2 Å². The number of aromatic nitrogens is 2. The van der Waals surface area contributed by atoms with Gasteiger partial charge in [-0.3, -0.25) is 4.57 Å². The van der Waals surface area contributed by atoms with Gasteiger partial charge in [-0.2, -0.15) is 0 Å². The standard InChI is InChI=1S/C19H21N3O/c1-2-6-19-18(5-1)21-14-22(19)16-9-7-15(8-10-16)12-20-13-17-4-3-11-23-17/h1-2,5-10,14,17,20H,3-4,11-13H2/t17-/m0/s1. The van der Waals surface area contributed by atoms with E-state index >= 15 is 0 Å². The predicted octanol–water partition coefficient (Wildman–Crippen LogP) is 3.29. The number of rotatable bonds is 5. The molecule has 1 N–H and O–H groups in total. The van der Waals surface area contributed by atoms with Crippen LogP contribution in [-0.2, 0) is 11.3 Å². The summed E-state index contributed by atoms with van der Waals surface area (Å²) < 4.78 is 7.75. The SMILES string of the molecule is c1ccc2c(c1)ncn2-c1ccc(CNC[C@@H]2CCCO2)cc1. The molecule has 1 aliphatic heterocycles. The Kier molecular flexibility index (Phi) is 4.09. The summed E-state index contributed by atoms with van der Waals surface area (Å²) >= 11 is 0. The van der Waals surface area contributed by atoms with Crippen molar-refractivity contribution in [3.05, 3.63) is 60.4 Å². The van der Waals surface area contributed by atoms with Gasteiger partial charge in [-0.1, -0.05) is 24.3 Å². The monoisotopic (exact) mass is 307 g/mol. The number of fused-ring (bicyclic) bond motifs is 1. The molecular formula is C19H21N3O. The summed E-state index contributed by atoms with van der Waals surface area (Å²) in [5.74, 6) is 0. The molecule has 1 aromatic heterocycles. The van der Waals surface area contributed by atoms with E-state index < -0.39 is 0 Å². The highest BCUT2D eigenvalue weighted by atomic mass is 16.5. The van der Waals surface area contributed by atoms with Gasteiger partial charge in [0.1, 0.15) is 6.33 Å². The van der Waals surface area contributed by atoms with Gasteiger partial charge in [0.25, 0.3) is 0 Å². The molecule has 4 nitrogen and oxygen atoms in total. The molecule has 2 aromatic carbocycles. The second-order valence-electron chi connectivity index (χ2n) is 6.04. The highest BCUT2D eigenvalue weighted by molar-refractivity contribution is 5.77. The van der Waals surface area contributed by atoms with Crippen molar-refractivity contribution in [1.29, 1.82) is 0 Å². The Morgan fingerprint density at radius 1 is 1.13 bits per heavy atom. The smallest absolute Gasteiger partial charge is 0.100 e. The molecule has 4 heteroatoms. The molecule has 2 heterocycles. The number of benzene rings is 2. The maximum absolute atomic E-state index is 5.63. The van der Waals surface area contributed by atoms with E-state index in [1.165, 1.54) is 18.4 Å². The Balaban J connectivity index is 1.43. The fourth-order valence-corrected chi connectivity index (χ4v) is 3.12. The number of hydrogen-bond acceptors (Lipinski definition) is 3. The number of imidazole rings is 1. The van der Waals surface area contributed by atoms with E-state index in [0.29, 0.717) is 6.10 Å². The quantitative estimate of drug-likeness (QED) is 0.786. The second kappa shape index (κ2) is 6.52. The first-order chi connectivity index (χ1) is 11.4. The van der Waals surface area contributed by atoms with Crippen LogP contribution >= 0.6 is 0 Å². The van der Waals surface area contributed by atoms with Gasteiger partial charge < -0.3 is 10.1 Å². The average molecular weight is 307 g/mol. The van der Waals surface area contributed by atoms with Crippen LogP contribution in [0.2, 0.25) is 0 Å². The molecule has 0 radical (unpaired) electrons. The van der Waals surface area contributed by atoms with E-state index in [9.17, 15) is 0 Å². The molecule has 3 aromatic rings.